The number of hydrogen-bond acceptors (Lipinski definition) is 2. The number of ether oxygens (including phenoxy) is 1. The Morgan fingerprint density at radius 1 is 1.29 bits per heavy atom. The Morgan fingerprint density at radius 2 is 1.95 bits per heavy atom. The number of benzene rings is 1. The number of halogens is 1. The van der Waals surface area contributed by atoms with Gasteiger partial charge in [0, 0.05) is 24.3 Å². The molecule has 3 nitrogen and oxygen atoms in total. The monoisotopic (exact) mass is 353 g/mol. The standard InChI is InChI=1S/C17H24BrNO2/c1-19(16-6-4-3-5-15(16)18)17(20)12-9-13-7-10-14(21-2)11-8-13/h7-8,10-11,15-16H,3-6,9,12H2,1-2H3. The van der Waals surface area contributed by atoms with E-state index in [2.05, 4.69) is 15.9 Å². The molecule has 0 radical (unpaired) electrons. The Kier molecular flexibility index (Phi) is 6.09. The van der Waals surface area contributed by atoms with Crippen LogP contribution in [0.25, 0.3) is 0 Å². The minimum atomic E-state index is 0.238. The maximum Gasteiger partial charge on any atom is 0.222 e. The second-order valence-electron chi connectivity index (χ2n) is 5.72. The molecule has 1 aromatic carbocycles. The Hall–Kier alpha value is -1.03. The summed E-state index contributed by atoms with van der Waals surface area (Å²) >= 11 is 3.73. The lowest BCUT2D eigenvalue weighted by Crippen LogP contribution is -2.44. The van der Waals surface area contributed by atoms with Gasteiger partial charge in [-0.1, -0.05) is 40.9 Å². The summed E-state index contributed by atoms with van der Waals surface area (Å²) in [5.41, 5.74) is 1.18. The molecule has 0 aliphatic heterocycles. The summed E-state index contributed by atoms with van der Waals surface area (Å²) < 4.78 is 5.14. The highest BCUT2D eigenvalue weighted by molar-refractivity contribution is 9.09. The van der Waals surface area contributed by atoms with Crippen molar-refractivity contribution in [2.75, 3.05) is 14.2 Å². The van der Waals surface area contributed by atoms with Gasteiger partial charge in [0.25, 0.3) is 0 Å². The van der Waals surface area contributed by atoms with E-state index in [4.69, 9.17) is 4.74 Å². The number of nitrogens with zero attached hydrogens (tertiary/aromatic N) is 1. The summed E-state index contributed by atoms with van der Waals surface area (Å²) in [7, 11) is 3.61. The summed E-state index contributed by atoms with van der Waals surface area (Å²) in [6, 6.07) is 8.29. The molecule has 0 saturated heterocycles. The number of hydrogen-bond donors (Lipinski definition) is 0. The van der Waals surface area contributed by atoms with Crippen molar-refractivity contribution in [2.45, 2.75) is 49.4 Å². The van der Waals surface area contributed by atoms with E-state index in [9.17, 15) is 4.79 Å². The van der Waals surface area contributed by atoms with Crippen molar-refractivity contribution in [2.24, 2.45) is 0 Å². The van der Waals surface area contributed by atoms with Gasteiger partial charge in [-0.2, -0.15) is 0 Å². The van der Waals surface area contributed by atoms with Gasteiger partial charge < -0.3 is 9.64 Å². The smallest absolute Gasteiger partial charge is 0.222 e. The molecule has 1 amide bonds. The number of aryl methyl sites for hydroxylation is 1. The van der Waals surface area contributed by atoms with Gasteiger partial charge in [0.2, 0.25) is 5.91 Å². The predicted molar refractivity (Wildman–Crippen MR) is 89.1 cm³/mol. The highest BCUT2D eigenvalue weighted by Crippen LogP contribution is 2.28. The molecule has 1 aromatic rings. The average Bonchev–Trinajstić information content (AvgIpc) is 2.53. The Balaban J connectivity index is 1.85. The molecule has 4 heteroatoms. The molecule has 21 heavy (non-hydrogen) atoms. The maximum absolute atomic E-state index is 12.4. The fourth-order valence-corrected chi connectivity index (χ4v) is 3.85. The zero-order valence-electron chi connectivity index (χ0n) is 12.8. The second-order valence-corrected chi connectivity index (χ2v) is 6.90. The van der Waals surface area contributed by atoms with E-state index in [-0.39, 0.29) is 5.91 Å². The molecule has 1 aliphatic rings. The maximum atomic E-state index is 12.4. The Bertz CT molecular complexity index is 460. The van der Waals surface area contributed by atoms with Crippen molar-refractivity contribution in [3.8, 4) is 5.75 Å². The van der Waals surface area contributed by atoms with Gasteiger partial charge in [0.1, 0.15) is 5.75 Å². The van der Waals surface area contributed by atoms with Crippen LogP contribution >= 0.6 is 15.9 Å². The van der Waals surface area contributed by atoms with Gasteiger partial charge in [-0.3, -0.25) is 4.79 Å². The molecule has 0 aromatic heterocycles. The first-order valence-corrected chi connectivity index (χ1v) is 8.56. The second kappa shape index (κ2) is 7.83. The molecule has 2 atom stereocenters. The van der Waals surface area contributed by atoms with Crippen molar-refractivity contribution in [1.29, 1.82) is 0 Å². The number of rotatable bonds is 5. The lowest BCUT2D eigenvalue weighted by atomic mass is 9.94. The van der Waals surface area contributed by atoms with Crippen LogP contribution in [0.2, 0.25) is 0 Å². The van der Waals surface area contributed by atoms with Gasteiger partial charge >= 0.3 is 0 Å². The number of carbonyl (C=O) groups excluding carboxylic acids is 1. The van der Waals surface area contributed by atoms with Crippen LogP contribution in [0.15, 0.2) is 24.3 Å². The van der Waals surface area contributed by atoms with Crippen LogP contribution in [0.1, 0.15) is 37.7 Å². The molecule has 2 unspecified atom stereocenters. The van der Waals surface area contributed by atoms with E-state index in [1.165, 1.54) is 24.8 Å². The molecule has 1 saturated carbocycles. The molecular formula is C17H24BrNO2. The van der Waals surface area contributed by atoms with Crippen LogP contribution in [0.5, 0.6) is 5.75 Å². The fourth-order valence-electron chi connectivity index (χ4n) is 2.91. The van der Waals surface area contributed by atoms with E-state index >= 15 is 0 Å². The van der Waals surface area contributed by atoms with Gasteiger partial charge in [-0.25, -0.2) is 0 Å². The fraction of sp³-hybridized carbons (Fsp3) is 0.588. The predicted octanol–water partition coefficient (Wildman–Crippen LogP) is 3.79. The van der Waals surface area contributed by atoms with Crippen LogP contribution in [0.4, 0.5) is 0 Å². The van der Waals surface area contributed by atoms with Gasteiger partial charge in [0.05, 0.1) is 7.11 Å². The summed E-state index contributed by atoms with van der Waals surface area (Å²) in [5, 5.41) is 0. The summed E-state index contributed by atoms with van der Waals surface area (Å²) in [4.78, 5) is 14.8. The summed E-state index contributed by atoms with van der Waals surface area (Å²) in [5.74, 6) is 1.09. The van der Waals surface area contributed by atoms with Crippen LogP contribution < -0.4 is 4.74 Å². The molecule has 0 heterocycles. The molecule has 0 bridgehead atoms. The van der Waals surface area contributed by atoms with E-state index < -0.39 is 0 Å². The minimum absolute atomic E-state index is 0.238. The third-order valence-electron chi connectivity index (χ3n) is 4.32. The molecule has 116 valence electrons. The average molecular weight is 354 g/mol. The van der Waals surface area contributed by atoms with Crippen molar-refractivity contribution >= 4 is 21.8 Å². The van der Waals surface area contributed by atoms with E-state index in [0.717, 1.165) is 18.6 Å². The van der Waals surface area contributed by atoms with Gasteiger partial charge in [0.15, 0.2) is 0 Å². The highest BCUT2D eigenvalue weighted by atomic mass is 79.9. The van der Waals surface area contributed by atoms with E-state index in [1.54, 1.807) is 7.11 Å². The van der Waals surface area contributed by atoms with E-state index in [1.807, 2.05) is 36.2 Å². The number of carbonyl (C=O) groups is 1. The van der Waals surface area contributed by atoms with Crippen molar-refractivity contribution in [3.05, 3.63) is 29.8 Å². The molecular weight excluding hydrogens is 330 g/mol. The first-order valence-electron chi connectivity index (χ1n) is 7.64. The first kappa shape index (κ1) is 16.3. The third kappa shape index (κ3) is 4.47. The van der Waals surface area contributed by atoms with Crippen LogP contribution in [-0.4, -0.2) is 35.8 Å². The van der Waals surface area contributed by atoms with Gasteiger partial charge in [-0.05, 0) is 37.0 Å². The molecule has 2 rings (SSSR count). The van der Waals surface area contributed by atoms with E-state index in [0.29, 0.717) is 17.3 Å². The molecule has 0 spiro atoms. The molecule has 1 aliphatic carbocycles. The lowest BCUT2D eigenvalue weighted by Gasteiger charge is -2.35. The largest absolute Gasteiger partial charge is 0.497 e. The third-order valence-corrected chi connectivity index (χ3v) is 5.39. The number of alkyl halides is 1. The number of amides is 1. The van der Waals surface area contributed by atoms with Crippen molar-refractivity contribution < 1.29 is 9.53 Å². The summed E-state index contributed by atoms with van der Waals surface area (Å²) in [6.45, 7) is 0. The topological polar surface area (TPSA) is 29.5 Å². The minimum Gasteiger partial charge on any atom is -0.497 e. The zero-order chi connectivity index (χ0) is 15.2. The lowest BCUT2D eigenvalue weighted by molar-refractivity contribution is -0.132. The SMILES string of the molecule is COc1ccc(CCC(=O)N(C)C2CCCCC2Br)cc1. The molecule has 1 fully saturated rings. The van der Waals surface area contributed by atoms with Crippen LogP contribution in [-0.2, 0) is 11.2 Å². The van der Waals surface area contributed by atoms with Crippen LogP contribution in [0, 0.1) is 0 Å². The van der Waals surface area contributed by atoms with Crippen molar-refractivity contribution in [1.82, 2.24) is 4.90 Å². The van der Waals surface area contributed by atoms with Crippen LogP contribution in [0.3, 0.4) is 0 Å². The Morgan fingerprint density at radius 3 is 2.57 bits per heavy atom. The zero-order valence-corrected chi connectivity index (χ0v) is 14.4. The quantitative estimate of drug-likeness (QED) is 0.753. The first-order chi connectivity index (χ1) is 10.1. The van der Waals surface area contributed by atoms with Crippen molar-refractivity contribution in [3.63, 3.8) is 0 Å². The summed E-state index contributed by atoms with van der Waals surface area (Å²) in [6.07, 6.45) is 6.12. The number of methoxy groups -OCH3 is 1. The highest BCUT2D eigenvalue weighted by Gasteiger charge is 2.28. The van der Waals surface area contributed by atoms with Gasteiger partial charge in [-0.15, -0.1) is 0 Å². The normalized spacial score (nSPS) is 21.9. The Labute approximate surface area is 135 Å². The molecule has 0 N–H and O–H groups in total.